The lowest BCUT2D eigenvalue weighted by Crippen LogP contribution is -1.99. The van der Waals surface area contributed by atoms with Gasteiger partial charge in [0.2, 0.25) is 0 Å². The Morgan fingerprint density at radius 1 is 1.37 bits per heavy atom. The quantitative estimate of drug-likeness (QED) is 0.799. The molecule has 1 aromatic carbocycles. The van der Waals surface area contributed by atoms with E-state index in [4.69, 9.17) is 27.9 Å². The highest BCUT2D eigenvalue weighted by Crippen LogP contribution is 2.26. The van der Waals surface area contributed by atoms with Crippen LogP contribution < -0.4 is 0 Å². The molecule has 0 fully saturated rings. The number of hydrogen-bond donors (Lipinski definition) is 0. The van der Waals surface area contributed by atoms with E-state index in [1.807, 2.05) is 6.07 Å². The summed E-state index contributed by atoms with van der Waals surface area (Å²) in [5, 5.41) is 1.88. The Kier molecular flexibility index (Phi) is 4.45. The zero-order valence-corrected chi connectivity index (χ0v) is 12.7. The van der Waals surface area contributed by atoms with E-state index in [1.165, 1.54) is 18.4 Å². The van der Waals surface area contributed by atoms with Crippen LogP contribution in [0.15, 0.2) is 18.2 Å². The van der Waals surface area contributed by atoms with E-state index < -0.39 is 0 Å². The fourth-order valence-corrected chi connectivity index (χ4v) is 2.97. The van der Waals surface area contributed by atoms with Crippen LogP contribution in [0.25, 0.3) is 0 Å². The summed E-state index contributed by atoms with van der Waals surface area (Å²) in [4.78, 5) is 16.4. The fraction of sp³-hybridized carbons (Fsp3) is 0.231. The molecule has 3 nitrogen and oxygen atoms in total. The van der Waals surface area contributed by atoms with Crippen molar-refractivity contribution in [1.82, 2.24) is 4.98 Å². The molecule has 0 aliphatic heterocycles. The van der Waals surface area contributed by atoms with Crippen LogP contribution in [0.5, 0.6) is 0 Å². The van der Waals surface area contributed by atoms with Gasteiger partial charge in [0.15, 0.2) is 0 Å². The topological polar surface area (TPSA) is 39.2 Å². The van der Waals surface area contributed by atoms with Gasteiger partial charge in [-0.1, -0.05) is 29.3 Å². The third-order valence-corrected chi connectivity index (χ3v) is 4.43. The molecule has 0 spiro atoms. The zero-order valence-electron chi connectivity index (χ0n) is 10.4. The third-order valence-electron chi connectivity index (χ3n) is 2.55. The molecule has 100 valence electrons. The lowest BCUT2D eigenvalue weighted by atomic mass is 10.2. The summed E-state index contributed by atoms with van der Waals surface area (Å²) < 4.78 is 4.71. The molecule has 2 aromatic rings. The van der Waals surface area contributed by atoms with E-state index in [0.29, 0.717) is 27.0 Å². The van der Waals surface area contributed by atoms with Crippen LogP contribution in [0.3, 0.4) is 0 Å². The summed E-state index contributed by atoms with van der Waals surface area (Å²) in [5.74, 6) is -0.351. The molecular formula is C13H11Cl2NO2S. The van der Waals surface area contributed by atoms with Gasteiger partial charge in [-0.25, -0.2) is 9.78 Å². The SMILES string of the molecule is COC(=O)c1sc(Cc2ccc(Cl)c(Cl)c2)nc1C. The molecular weight excluding hydrogens is 305 g/mol. The van der Waals surface area contributed by atoms with Crippen LogP contribution in [-0.2, 0) is 11.2 Å². The van der Waals surface area contributed by atoms with Crippen LogP contribution in [0.4, 0.5) is 0 Å². The molecule has 19 heavy (non-hydrogen) atoms. The van der Waals surface area contributed by atoms with Gasteiger partial charge in [-0.15, -0.1) is 11.3 Å². The molecule has 0 aliphatic carbocycles. The number of halogens is 2. The number of benzene rings is 1. The molecule has 0 aliphatic rings. The van der Waals surface area contributed by atoms with Crippen LogP contribution in [0.2, 0.25) is 10.0 Å². The molecule has 0 radical (unpaired) electrons. The first kappa shape index (κ1) is 14.3. The van der Waals surface area contributed by atoms with Crippen molar-refractivity contribution < 1.29 is 9.53 Å². The summed E-state index contributed by atoms with van der Waals surface area (Å²) in [6.45, 7) is 1.79. The number of thiazole rings is 1. The number of carbonyl (C=O) groups is 1. The molecule has 0 atom stereocenters. The van der Waals surface area contributed by atoms with Gasteiger partial charge in [-0.3, -0.25) is 0 Å². The average Bonchev–Trinajstić information content (AvgIpc) is 2.74. The molecule has 0 saturated carbocycles. The standard InChI is InChI=1S/C13H11Cl2NO2S/c1-7-12(13(17)18-2)19-11(16-7)6-8-3-4-9(14)10(15)5-8/h3-5H,6H2,1-2H3. The number of carbonyl (C=O) groups excluding carboxylic acids is 1. The van der Waals surface area contributed by atoms with Gasteiger partial charge in [0.1, 0.15) is 4.88 Å². The normalized spacial score (nSPS) is 10.5. The Morgan fingerprint density at radius 3 is 2.74 bits per heavy atom. The zero-order chi connectivity index (χ0) is 14.0. The Hall–Kier alpha value is -1.10. The monoisotopic (exact) mass is 315 g/mol. The summed E-state index contributed by atoms with van der Waals surface area (Å²) >= 11 is 13.2. The van der Waals surface area contributed by atoms with E-state index in [1.54, 1.807) is 19.1 Å². The van der Waals surface area contributed by atoms with Gasteiger partial charge >= 0.3 is 5.97 Å². The Labute approximate surface area is 125 Å². The molecule has 6 heteroatoms. The second kappa shape index (κ2) is 5.90. The van der Waals surface area contributed by atoms with Gasteiger partial charge in [0.25, 0.3) is 0 Å². The van der Waals surface area contributed by atoms with Crippen molar-refractivity contribution in [3.63, 3.8) is 0 Å². The molecule has 1 aromatic heterocycles. The molecule has 1 heterocycles. The van der Waals surface area contributed by atoms with E-state index in [-0.39, 0.29) is 5.97 Å². The van der Waals surface area contributed by atoms with E-state index in [2.05, 4.69) is 4.98 Å². The van der Waals surface area contributed by atoms with Crippen LogP contribution >= 0.6 is 34.5 Å². The minimum Gasteiger partial charge on any atom is -0.465 e. The van der Waals surface area contributed by atoms with Crippen LogP contribution in [0.1, 0.15) is 25.9 Å². The number of aryl methyl sites for hydroxylation is 1. The first-order valence-corrected chi connectivity index (χ1v) is 7.07. The van der Waals surface area contributed by atoms with Gasteiger partial charge < -0.3 is 4.74 Å². The number of methoxy groups -OCH3 is 1. The maximum atomic E-state index is 11.5. The molecule has 0 N–H and O–H groups in total. The number of aromatic nitrogens is 1. The third kappa shape index (κ3) is 3.26. The van der Waals surface area contributed by atoms with Gasteiger partial charge in [-0.05, 0) is 24.6 Å². The van der Waals surface area contributed by atoms with Gasteiger partial charge in [-0.2, -0.15) is 0 Å². The fourth-order valence-electron chi connectivity index (χ4n) is 1.63. The van der Waals surface area contributed by atoms with Gasteiger partial charge in [0.05, 0.1) is 27.9 Å². The molecule has 0 saturated heterocycles. The second-order valence-electron chi connectivity index (χ2n) is 3.94. The molecule has 0 unspecified atom stereocenters. The summed E-state index contributed by atoms with van der Waals surface area (Å²) in [6.07, 6.45) is 0.611. The Balaban J connectivity index is 2.24. The number of ether oxygens (including phenoxy) is 1. The molecule has 2 rings (SSSR count). The molecule has 0 amide bonds. The average molecular weight is 316 g/mol. The first-order valence-electron chi connectivity index (χ1n) is 5.50. The van der Waals surface area contributed by atoms with Crippen molar-refractivity contribution in [3.05, 3.63) is 49.4 Å². The minimum absolute atomic E-state index is 0.351. The second-order valence-corrected chi connectivity index (χ2v) is 5.84. The van der Waals surface area contributed by atoms with Crippen molar-refractivity contribution >= 4 is 40.5 Å². The maximum Gasteiger partial charge on any atom is 0.349 e. The lowest BCUT2D eigenvalue weighted by molar-refractivity contribution is 0.0605. The van der Waals surface area contributed by atoms with Crippen molar-refractivity contribution in [2.24, 2.45) is 0 Å². The summed E-state index contributed by atoms with van der Waals surface area (Å²) in [7, 11) is 1.36. The highest BCUT2D eigenvalue weighted by Gasteiger charge is 2.15. The molecule has 0 bridgehead atoms. The number of rotatable bonds is 3. The Morgan fingerprint density at radius 2 is 2.11 bits per heavy atom. The van der Waals surface area contributed by atoms with E-state index in [0.717, 1.165) is 10.6 Å². The maximum absolute atomic E-state index is 11.5. The van der Waals surface area contributed by atoms with Crippen molar-refractivity contribution in [3.8, 4) is 0 Å². The first-order chi connectivity index (χ1) is 9.01. The predicted molar refractivity (Wildman–Crippen MR) is 77.5 cm³/mol. The predicted octanol–water partition coefficient (Wildman–Crippen LogP) is 4.14. The number of esters is 1. The van der Waals surface area contributed by atoms with Crippen LogP contribution in [0, 0.1) is 6.92 Å². The Bertz CT molecular complexity index is 625. The number of hydrogen-bond acceptors (Lipinski definition) is 4. The highest BCUT2D eigenvalue weighted by atomic mass is 35.5. The minimum atomic E-state index is -0.351. The summed E-state index contributed by atoms with van der Waals surface area (Å²) in [6, 6.07) is 5.45. The smallest absolute Gasteiger partial charge is 0.349 e. The van der Waals surface area contributed by atoms with Crippen LogP contribution in [-0.4, -0.2) is 18.1 Å². The van der Waals surface area contributed by atoms with E-state index >= 15 is 0 Å². The number of nitrogens with zero attached hydrogens (tertiary/aromatic N) is 1. The lowest BCUT2D eigenvalue weighted by Gasteiger charge is -2.00. The summed E-state index contributed by atoms with van der Waals surface area (Å²) in [5.41, 5.74) is 1.69. The van der Waals surface area contributed by atoms with Crippen molar-refractivity contribution in [2.75, 3.05) is 7.11 Å². The largest absolute Gasteiger partial charge is 0.465 e. The van der Waals surface area contributed by atoms with E-state index in [9.17, 15) is 4.79 Å². The van der Waals surface area contributed by atoms with Crippen molar-refractivity contribution in [2.45, 2.75) is 13.3 Å². The highest BCUT2D eigenvalue weighted by molar-refractivity contribution is 7.13. The van der Waals surface area contributed by atoms with Crippen molar-refractivity contribution in [1.29, 1.82) is 0 Å². The van der Waals surface area contributed by atoms with Gasteiger partial charge in [0, 0.05) is 6.42 Å².